The van der Waals surface area contributed by atoms with E-state index in [1.165, 1.54) is 9.08 Å². The predicted octanol–water partition coefficient (Wildman–Crippen LogP) is 2.94. The molecule has 7 nitrogen and oxygen atoms in total. The molecule has 3 heterocycles. The second-order valence-electron chi connectivity index (χ2n) is 6.40. The molecule has 1 aromatic carbocycles. The number of hydrogen-bond acceptors (Lipinski definition) is 5. The number of carbonyl (C=O) groups excluding carboxylic acids is 1. The number of benzene rings is 1. The molecule has 0 unspecified atom stereocenters. The predicted molar refractivity (Wildman–Crippen MR) is 112 cm³/mol. The second-order valence-corrected chi connectivity index (χ2v) is 7.44. The Morgan fingerprint density at radius 2 is 2.03 bits per heavy atom. The molecule has 4 aromatic rings. The van der Waals surface area contributed by atoms with Crippen molar-refractivity contribution in [2.75, 3.05) is 6.61 Å². The number of ether oxygens (including phenoxy) is 1. The van der Waals surface area contributed by atoms with Gasteiger partial charge in [-0.2, -0.15) is 5.10 Å². The molecule has 148 valence electrons. The van der Waals surface area contributed by atoms with Crippen molar-refractivity contribution in [3.63, 3.8) is 0 Å². The molecule has 0 saturated carbocycles. The monoisotopic (exact) mass is 408 g/mol. The van der Waals surface area contributed by atoms with Crippen molar-refractivity contribution < 1.29 is 9.53 Å². The zero-order valence-electron chi connectivity index (χ0n) is 15.9. The van der Waals surface area contributed by atoms with Crippen LogP contribution >= 0.6 is 11.3 Å². The quantitative estimate of drug-likeness (QED) is 0.510. The molecule has 0 bridgehead atoms. The Morgan fingerprint density at radius 1 is 1.21 bits per heavy atom. The molecule has 8 heteroatoms. The van der Waals surface area contributed by atoms with Gasteiger partial charge in [-0.1, -0.05) is 6.07 Å². The molecule has 0 aliphatic carbocycles. The number of amides is 1. The Balaban J connectivity index is 1.52. The summed E-state index contributed by atoms with van der Waals surface area (Å²) in [4.78, 5) is 26.1. The third kappa shape index (κ3) is 4.22. The molecular weight excluding hydrogens is 388 g/mol. The van der Waals surface area contributed by atoms with Crippen LogP contribution < -0.4 is 15.6 Å². The number of rotatable bonds is 7. The Kier molecular flexibility index (Phi) is 5.44. The van der Waals surface area contributed by atoms with E-state index in [1.807, 2.05) is 48.7 Å². The average molecular weight is 408 g/mol. The van der Waals surface area contributed by atoms with Gasteiger partial charge in [0.1, 0.15) is 17.8 Å². The first-order valence-electron chi connectivity index (χ1n) is 9.25. The molecule has 0 aliphatic rings. The maximum absolute atomic E-state index is 12.8. The van der Waals surface area contributed by atoms with E-state index >= 15 is 0 Å². The third-order valence-electron chi connectivity index (χ3n) is 4.42. The second kappa shape index (κ2) is 8.32. The minimum Gasteiger partial charge on any atom is -0.494 e. The van der Waals surface area contributed by atoms with Crippen molar-refractivity contribution in [1.29, 1.82) is 0 Å². The zero-order valence-corrected chi connectivity index (χ0v) is 16.7. The fourth-order valence-corrected chi connectivity index (χ4v) is 3.63. The van der Waals surface area contributed by atoms with Crippen LogP contribution in [0.15, 0.2) is 65.0 Å². The number of nitrogens with zero attached hydrogens (tertiary/aromatic N) is 3. The van der Waals surface area contributed by atoms with Gasteiger partial charge in [0, 0.05) is 22.8 Å². The van der Waals surface area contributed by atoms with Gasteiger partial charge < -0.3 is 14.6 Å². The van der Waals surface area contributed by atoms with Crippen LogP contribution in [0.4, 0.5) is 0 Å². The molecule has 0 atom stereocenters. The summed E-state index contributed by atoms with van der Waals surface area (Å²) in [5.74, 6) is 0.576. The minimum atomic E-state index is -0.261. The Hall–Kier alpha value is -3.39. The first-order chi connectivity index (χ1) is 14.1. The lowest BCUT2D eigenvalue weighted by Gasteiger charge is -2.06. The van der Waals surface area contributed by atoms with Crippen LogP contribution in [0.25, 0.3) is 16.8 Å². The van der Waals surface area contributed by atoms with E-state index in [1.54, 1.807) is 29.8 Å². The van der Waals surface area contributed by atoms with Crippen LogP contribution in [0, 0.1) is 0 Å². The van der Waals surface area contributed by atoms with Gasteiger partial charge in [-0.3, -0.25) is 9.59 Å². The van der Waals surface area contributed by atoms with Crippen molar-refractivity contribution in [1.82, 2.24) is 19.5 Å². The molecule has 1 N–H and O–H groups in total. The molecule has 0 aliphatic heterocycles. The van der Waals surface area contributed by atoms with Crippen molar-refractivity contribution in [3.8, 4) is 17.0 Å². The maximum atomic E-state index is 12.8. The van der Waals surface area contributed by atoms with Crippen molar-refractivity contribution in [2.24, 2.45) is 0 Å². The van der Waals surface area contributed by atoms with Crippen LogP contribution in [0.5, 0.6) is 5.75 Å². The highest BCUT2D eigenvalue weighted by molar-refractivity contribution is 7.09. The molecule has 1 amide bonds. The Labute approximate surface area is 171 Å². The zero-order chi connectivity index (χ0) is 20.2. The van der Waals surface area contributed by atoms with E-state index < -0.39 is 0 Å². The van der Waals surface area contributed by atoms with Crippen LogP contribution in [0.2, 0.25) is 0 Å². The van der Waals surface area contributed by atoms with Crippen molar-refractivity contribution >= 4 is 22.8 Å². The summed E-state index contributed by atoms with van der Waals surface area (Å²) >= 11 is 1.58. The molecule has 29 heavy (non-hydrogen) atoms. The van der Waals surface area contributed by atoms with E-state index in [4.69, 9.17) is 4.74 Å². The van der Waals surface area contributed by atoms with E-state index in [2.05, 4.69) is 10.4 Å². The molecule has 0 fully saturated rings. The molecular formula is C21H20N4O3S. The molecule has 0 spiro atoms. The Bertz CT molecular complexity index is 1180. The topological polar surface area (TPSA) is 77.6 Å². The summed E-state index contributed by atoms with van der Waals surface area (Å²) in [6.07, 6.45) is 3.26. The van der Waals surface area contributed by atoms with Crippen LogP contribution in [0.3, 0.4) is 0 Å². The van der Waals surface area contributed by atoms with E-state index in [-0.39, 0.29) is 18.0 Å². The molecule has 0 saturated heterocycles. The normalized spacial score (nSPS) is 10.9. The number of fused-ring (bicyclic) bond motifs is 1. The lowest BCUT2D eigenvalue weighted by atomic mass is 10.1. The first kappa shape index (κ1) is 18.9. The van der Waals surface area contributed by atoms with Gasteiger partial charge in [-0.25, -0.2) is 4.52 Å². The molecule has 4 rings (SSSR count). The highest BCUT2D eigenvalue weighted by Gasteiger charge is 2.11. The SMILES string of the molecule is CCOc1ccc(-c2cc3c(=O)n(CC(=O)NCc4cccs4)ccn3n2)cc1. The third-order valence-corrected chi connectivity index (χ3v) is 5.29. The Morgan fingerprint density at radius 3 is 2.76 bits per heavy atom. The number of hydrogen-bond donors (Lipinski definition) is 1. The standard InChI is InChI=1S/C21H20N4O3S/c1-2-28-16-7-5-15(6-8-16)18-12-19-21(27)24(9-10-25(19)23-18)14-20(26)22-13-17-4-3-11-29-17/h3-12H,2,13-14H2,1H3,(H,22,26). The number of carbonyl (C=O) groups is 1. The smallest absolute Gasteiger partial charge is 0.277 e. The van der Waals surface area contributed by atoms with Crippen LogP contribution in [0.1, 0.15) is 11.8 Å². The van der Waals surface area contributed by atoms with Gasteiger partial charge in [0.15, 0.2) is 0 Å². The fraction of sp³-hybridized carbons (Fsp3) is 0.190. The highest BCUT2D eigenvalue weighted by Crippen LogP contribution is 2.21. The van der Waals surface area contributed by atoms with Crippen LogP contribution in [-0.2, 0) is 17.9 Å². The summed E-state index contributed by atoms with van der Waals surface area (Å²) in [7, 11) is 0. The van der Waals surface area contributed by atoms with Crippen molar-refractivity contribution in [3.05, 3.63) is 75.5 Å². The van der Waals surface area contributed by atoms with Gasteiger partial charge in [-0.15, -0.1) is 11.3 Å². The van der Waals surface area contributed by atoms with Gasteiger partial charge >= 0.3 is 0 Å². The highest BCUT2D eigenvalue weighted by atomic mass is 32.1. The van der Waals surface area contributed by atoms with E-state index in [0.717, 1.165) is 16.2 Å². The number of thiophene rings is 1. The van der Waals surface area contributed by atoms with Gasteiger partial charge in [0.2, 0.25) is 5.91 Å². The van der Waals surface area contributed by atoms with E-state index in [9.17, 15) is 9.59 Å². The molecule has 0 radical (unpaired) electrons. The lowest BCUT2D eigenvalue weighted by Crippen LogP contribution is -2.32. The average Bonchev–Trinajstić information content (AvgIpc) is 3.39. The fourth-order valence-electron chi connectivity index (χ4n) is 2.99. The summed E-state index contributed by atoms with van der Waals surface area (Å²) < 4.78 is 8.38. The van der Waals surface area contributed by atoms with Crippen molar-refractivity contribution in [2.45, 2.75) is 20.0 Å². The number of nitrogens with one attached hydrogen (secondary N) is 1. The minimum absolute atomic E-state index is 0.0374. The largest absolute Gasteiger partial charge is 0.494 e. The van der Waals surface area contributed by atoms with Crippen LogP contribution in [-0.4, -0.2) is 26.7 Å². The van der Waals surface area contributed by atoms with E-state index in [0.29, 0.717) is 24.4 Å². The maximum Gasteiger partial charge on any atom is 0.277 e. The summed E-state index contributed by atoms with van der Waals surface area (Å²) in [5.41, 5.74) is 1.73. The molecule has 3 aromatic heterocycles. The lowest BCUT2D eigenvalue weighted by molar-refractivity contribution is -0.121. The number of aromatic nitrogens is 3. The summed E-state index contributed by atoms with van der Waals surface area (Å²) in [5, 5.41) is 9.27. The summed E-state index contributed by atoms with van der Waals surface area (Å²) in [6, 6.07) is 13.2. The van der Waals surface area contributed by atoms with Gasteiger partial charge in [0.05, 0.1) is 18.8 Å². The van der Waals surface area contributed by atoms with Gasteiger partial charge in [0.25, 0.3) is 5.56 Å². The first-order valence-corrected chi connectivity index (χ1v) is 10.1. The summed E-state index contributed by atoms with van der Waals surface area (Å²) in [6.45, 7) is 2.96. The van der Waals surface area contributed by atoms with Gasteiger partial charge in [-0.05, 0) is 48.7 Å².